The molecule has 96 valence electrons. The van der Waals surface area contributed by atoms with Crippen LogP contribution >= 0.6 is 0 Å². The third-order valence-electron chi connectivity index (χ3n) is 2.91. The van der Waals surface area contributed by atoms with Crippen molar-refractivity contribution in [2.75, 3.05) is 0 Å². The quantitative estimate of drug-likeness (QED) is 0.694. The van der Waals surface area contributed by atoms with E-state index in [2.05, 4.69) is 9.97 Å². The molecule has 0 aliphatic heterocycles. The summed E-state index contributed by atoms with van der Waals surface area (Å²) in [6, 6.07) is 7.30. The van der Waals surface area contributed by atoms with Crippen molar-refractivity contribution in [1.29, 1.82) is 0 Å². The number of nitrogens with zero attached hydrogens (tertiary/aromatic N) is 1. The maximum absolute atomic E-state index is 13.7. The molecule has 3 aromatic rings. The summed E-state index contributed by atoms with van der Waals surface area (Å²) in [5, 5.41) is 0. The van der Waals surface area contributed by atoms with Crippen LogP contribution in [0.5, 0.6) is 0 Å². The molecular formula is C13H10FN3O2. The van der Waals surface area contributed by atoms with Crippen LogP contribution in [0.2, 0.25) is 0 Å². The fourth-order valence-corrected chi connectivity index (χ4v) is 2.08. The molecule has 2 aromatic heterocycles. The van der Waals surface area contributed by atoms with Gasteiger partial charge in [-0.3, -0.25) is 4.79 Å². The number of benzene rings is 1. The number of nitrogens with one attached hydrogen (secondary N) is 2. The number of H-pyrrole nitrogens is 2. The van der Waals surface area contributed by atoms with E-state index in [1.54, 1.807) is 19.1 Å². The normalized spacial score (nSPS) is 11.1. The van der Waals surface area contributed by atoms with Crippen molar-refractivity contribution in [2.24, 2.45) is 0 Å². The van der Waals surface area contributed by atoms with Crippen molar-refractivity contribution >= 4 is 11.0 Å². The first kappa shape index (κ1) is 11.5. The van der Waals surface area contributed by atoms with Crippen molar-refractivity contribution in [1.82, 2.24) is 14.5 Å². The molecule has 0 aliphatic rings. The minimum atomic E-state index is -0.665. The third-order valence-corrected chi connectivity index (χ3v) is 2.91. The molecule has 2 heterocycles. The first-order valence-corrected chi connectivity index (χ1v) is 5.67. The zero-order valence-corrected chi connectivity index (χ0v) is 10.0. The molecule has 0 saturated heterocycles. The molecule has 0 amide bonds. The van der Waals surface area contributed by atoms with Crippen LogP contribution in [-0.2, 0) is 0 Å². The highest BCUT2D eigenvalue weighted by Gasteiger charge is 2.13. The summed E-state index contributed by atoms with van der Waals surface area (Å²) >= 11 is 0. The second kappa shape index (κ2) is 3.94. The second-order valence-corrected chi connectivity index (χ2v) is 4.26. The Kier molecular flexibility index (Phi) is 2.38. The van der Waals surface area contributed by atoms with Crippen LogP contribution in [0.15, 0.2) is 39.9 Å². The molecule has 0 spiro atoms. The summed E-state index contributed by atoms with van der Waals surface area (Å²) in [5.74, 6) is -0.627. The number of aromatic nitrogens is 3. The lowest BCUT2D eigenvalue weighted by molar-refractivity contribution is 0.613. The van der Waals surface area contributed by atoms with E-state index in [-0.39, 0.29) is 11.2 Å². The Bertz CT molecular complexity index is 889. The molecule has 0 saturated carbocycles. The number of hydrogen-bond acceptors (Lipinski definition) is 2. The molecule has 5 nitrogen and oxygen atoms in total. The topological polar surface area (TPSA) is 70.7 Å². The largest absolute Gasteiger partial charge is 0.353 e. The van der Waals surface area contributed by atoms with Gasteiger partial charge in [-0.05, 0) is 25.1 Å². The van der Waals surface area contributed by atoms with Crippen LogP contribution in [0.25, 0.3) is 16.7 Å². The van der Waals surface area contributed by atoms with E-state index in [1.165, 1.54) is 18.2 Å². The number of hydrogen-bond donors (Lipinski definition) is 2. The minimum Gasteiger partial charge on any atom is -0.353 e. The monoisotopic (exact) mass is 259 g/mol. The molecule has 6 heteroatoms. The smallest absolute Gasteiger partial charge is 0.333 e. The molecule has 1 aromatic carbocycles. The van der Waals surface area contributed by atoms with Crippen LogP contribution in [0.4, 0.5) is 4.39 Å². The molecule has 19 heavy (non-hydrogen) atoms. The zero-order valence-electron chi connectivity index (χ0n) is 10.0. The lowest BCUT2D eigenvalue weighted by Crippen LogP contribution is -2.34. The predicted molar refractivity (Wildman–Crippen MR) is 69.2 cm³/mol. The maximum Gasteiger partial charge on any atom is 0.333 e. The van der Waals surface area contributed by atoms with Gasteiger partial charge in [-0.15, -0.1) is 0 Å². The number of aryl methyl sites for hydroxylation is 1. The summed E-state index contributed by atoms with van der Waals surface area (Å²) in [6.45, 7) is 1.77. The van der Waals surface area contributed by atoms with Gasteiger partial charge in [0.15, 0.2) is 0 Å². The Hall–Kier alpha value is -2.63. The van der Waals surface area contributed by atoms with E-state index in [0.29, 0.717) is 5.52 Å². The zero-order chi connectivity index (χ0) is 13.6. The summed E-state index contributed by atoms with van der Waals surface area (Å²) in [4.78, 5) is 29.6. The van der Waals surface area contributed by atoms with Gasteiger partial charge in [0.25, 0.3) is 5.56 Å². The summed E-state index contributed by atoms with van der Waals surface area (Å²) < 4.78 is 14.5. The molecule has 0 unspecified atom stereocenters. The Balaban J connectivity index is 2.46. The van der Waals surface area contributed by atoms with Crippen molar-refractivity contribution in [3.63, 3.8) is 0 Å². The molecule has 0 aliphatic carbocycles. The summed E-state index contributed by atoms with van der Waals surface area (Å²) in [7, 11) is 0. The number of para-hydroxylation sites is 1. The average Bonchev–Trinajstić information content (AvgIpc) is 2.72. The number of aromatic amines is 2. The van der Waals surface area contributed by atoms with Gasteiger partial charge in [-0.1, -0.05) is 12.1 Å². The molecular weight excluding hydrogens is 249 g/mol. The molecule has 0 bridgehead atoms. The van der Waals surface area contributed by atoms with Crippen molar-refractivity contribution in [2.45, 2.75) is 6.92 Å². The highest BCUT2D eigenvalue weighted by atomic mass is 19.1. The Labute approximate surface area is 106 Å². The van der Waals surface area contributed by atoms with E-state index in [0.717, 1.165) is 10.3 Å². The minimum absolute atomic E-state index is 0.0668. The molecule has 2 N–H and O–H groups in total. The first-order valence-electron chi connectivity index (χ1n) is 5.67. The SMILES string of the molecule is Cc1cc2[nH]c(=O)n(-c3ccccc3F)c(=O)c2[nH]1. The molecule has 0 fully saturated rings. The molecule has 0 atom stereocenters. The van der Waals surface area contributed by atoms with E-state index >= 15 is 0 Å². The molecule has 0 radical (unpaired) electrons. The first-order chi connectivity index (χ1) is 9.08. The molecule has 3 rings (SSSR count). The van der Waals surface area contributed by atoms with Gasteiger partial charge < -0.3 is 9.97 Å². The maximum atomic E-state index is 13.7. The van der Waals surface area contributed by atoms with Crippen molar-refractivity contribution in [3.05, 3.63) is 62.7 Å². The van der Waals surface area contributed by atoms with Crippen LogP contribution in [-0.4, -0.2) is 14.5 Å². The van der Waals surface area contributed by atoms with Crippen LogP contribution in [0.1, 0.15) is 5.69 Å². The fourth-order valence-electron chi connectivity index (χ4n) is 2.08. The van der Waals surface area contributed by atoms with Crippen LogP contribution in [0.3, 0.4) is 0 Å². The van der Waals surface area contributed by atoms with E-state index in [4.69, 9.17) is 0 Å². The number of fused-ring (bicyclic) bond motifs is 1. The Morgan fingerprint density at radius 3 is 2.63 bits per heavy atom. The van der Waals surface area contributed by atoms with Gasteiger partial charge in [0.05, 0.1) is 11.2 Å². The summed E-state index contributed by atoms with van der Waals surface area (Å²) in [6.07, 6.45) is 0. The number of halogens is 1. The van der Waals surface area contributed by atoms with E-state index in [9.17, 15) is 14.0 Å². The van der Waals surface area contributed by atoms with Gasteiger partial charge >= 0.3 is 5.69 Å². The fraction of sp³-hybridized carbons (Fsp3) is 0.0769. The lowest BCUT2D eigenvalue weighted by atomic mass is 10.3. The van der Waals surface area contributed by atoms with Crippen molar-refractivity contribution in [3.8, 4) is 5.69 Å². The number of rotatable bonds is 1. The highest BCUT2D eigenvalue weighted by molar-refractivity contribution is 5.74. The van der Waals surface area contributed by atoms with Crippen LogP contribution in [0, 0.1) is 12.7 Å². The van der Waals surface area contributed by atoms with Gasteiger partial charge in [-0.2, -0.15) is 0 Å². The van der Waals surface area contributed by atoms with E-state index in [1.807, 2.05) is 0 Å². The van der Waals surface area contributed by atoms with E-state index < -0.39 is 17.1 Å². The highest BCUT2D eigenvalue weighted by Crippen LogP contribution is 2.11. The Morgan fingerprint density at radius 2 is 1.89 bits per heavy atom. The van der Waals surface area contributed by atoms with Gasteiger partial charge in [0.2, 0.25) is 0 Å². The van der Waals surface area contributed by atoms with Gasteiger partial charge in [-0.25, -0.2) is 13.8 Å². The standard InChI is InChI=1S/C13H10FN3O2/c1-7-6-9-11(15-7)12(18)17(13(19)16-9)10-5-3-2-4-8(10)14/h2-6,15H,1H3,(H,16,19). The van der Waals surface area contributed by atoms with Crippen LogP contribution < -0.4 is 11.2 Å². The summed E-state index contributed by atoms with van der Waals surface area (Å²) in [5.41, 5.74) is 0.107. The van der Waals surface area contributed by atoms with Crippen molar-refractivity contribution < 1.29 is 4.39 Å². The third kappa shape index (κ3) is 1.69. The Morgan fingerprint density at radius 1 is 1.16 bits per heavy atom. The lowest BCUT2D eigenvalue weighted by Gasteiger charge is -2.05. The average molecular weight is 259 g/mol. The second-order valence-electron chi connectivity index (χ2n) is 4.26. The predicted octanol–water partition coefficient (Wildman–Crippen LogP) is 1.45. The van der Waals surface area contributed by atoms with Gasteiger partial charge in [0, 0.05) is 5.69 Å². The van der Waals surface area contributed by atoms with Gasteiger partial charge in [0.1, 0.15) is 11.3 Å².